The first-order chi connectivity index (χ1) is 12.6. The highest BCUT2D eigenvalue weighted by Gasteiger charge is 2.28. The van der Waals surface area contributed by atoms with Crippen molar-refractivity contribution in [2.24, 2.45) is 0 Å². The zero-order chi connectivity index (χ0) is 18.1. The van der Waals surface area contributed by atoms with Crippen LogP contribution in [-0.4, -0.2) is 32.3 Å². The molecule has 0 aliphatic carbocycles. The molecule has 1 aromatic heterocycles. The van der Waals surface area contributed by atoms with Gasteiger partial charge in [-0.25, -0.2) is 4.98 Å². The summed E-state index contributed by atoms with van der Waals surface area (Å²) in [6, 6.07) is 14.8. The molecule has 1 atom stereocenters. The van der Waals surface area contributed by atoms with Gasteiger partial charge in [-0.05, 0) is 35.7 Å². The third-order valence-corrected chi connectivity index (χ3v) is 5.36. The molecule has 0 fully saturated rings. The molecule has 1 aliphatic rings. The van der Waals surface area contributed by atoms with Crippen molar-refractivity contribution in [2.45, 2.75) is 38.9 Å². The Morgan fingerprint density at radius 3 is 2.88 bits per heavy atom. The molecule has 3 aromatic rings. The fraction of sp³-hybridized carbons (Fsp3) is 0.333. The summed E-state index contributed by atoms with van der Waals surface area (Å²) in [4.78, 5) is 19.1. The van der Waals surface area contributed by atoms with E-state index >= 15 is 0 Å². The number of hydrogen-bond donors (Lipinski definition) is 0. The fourth-order valence-corrected chi connectivity index (χ4v) is 4.01. The fourth-order valence-electron chi connectivity index (χ4n) is 3.85. The molecular weight excluding hydrogens is 346 g/mol. The number of carbonyl (C=O) groups is 1. The summed E-state index contributed by atoms with van der Waals surface area (Å²) >= 11 is 5.92. The summed E-state index contributed by atoms with van der Waals surface area (Å²) in [5.74, 6) is 1.12. The Kier molecular flexibility index (Phi) is 4.68. The molecule has 5 heteroatoms. The maximum absolute atomic E-state index is 12.6. The van der Waals surface area contributed by atoms with Crippen molar-refractivity contribution in [1.29, 1.82) is 0 Å². The van der Waals surface area contributed by atoms with E-state index in [2.05, 4.69) is 46.1 Å². The SMILES string of the molecule is Cc1cn2c(n1)CCC(N(Cc1ccc3ccccc3c1)C(=O)CCl)C2. The summed E-state index contributed by atoms with van der Waals surface area (Å²) < 4.78 is 2.18. The number of aryl methyl sites for hydroxylation is 2. The van der Waals surface area contributed by atoms with Gasteiger partial charge in [0, 0.05) is 25.7 Å². The lowest BCUT2D eigenvalue weighted by atomic mass is 10.0. The van der Waals surface area contributed by atoms with Gasteiger partial charge in [0.05, 0.1) is 11.7 Å². The number of alkyl halides is 1. The van der Waals surface area contributed by atoms with Crippen LogP contribution < -0.4 is 0 Å². The molecule has 0 N–H and O–H groups in total. The van der Waals surface area contributed by atoms with Crippen molar-refractivity contribution in [1.82, 2.24) is 14.5 Å². The van der Waals surface area contributed by atoms with Gasteiger partial charge in [0.25, 0.3) is 0 Å². The van der Waals surface area contributed by atoms with Gasteiger partial charge in [0.15, 0.2) is 0 Å². The predicted octanol–water partition coefficient (Wildman–Crippen LogP) is 3.93. The predicted molar refractivity (Wildman–Crippen MR) is 104 cm³/mol. The first-order valence-corrected chi connectivity index (χ1v) is 9.53. The molecule has 1 amide bonds. The van der Waals surface area contributed by atoms with Gasteiger partial charge in [-0.3, -0.25) is 4.79 Å². The molecule has 0 spiro atoms. The van der Waals surface area contributed by atoms with E-state index in [4.69, 9.17) is 11.6 Å². The Bertz CT molecular complexity index is 949. The van der Waals surface area contributed by atoms with Crippen LogP contribution in [0.5, 0.6) is 0 Å². The van der Waals surface area contributed by atoms with Crippen molar-refractivity contribution in [3.8, 4) is 0 Å². The van der Waals surface area contributed by atoms with Crippen LogP contribution >= 0.6 is 11.6 Å². The number of aromatic nitrogens is 2. The molecule has 26 heavy (non-hydrogen) atoms. The van der Waals surface area contributed by atoms with Gasteiger partial charge in [-0.2, -0.15) is 0 Å². The van der Waals surface area contributed by atoms with Crippen LogP contribution in [0.2, 0.25) is 0 Å². The topological polar surface area (TPSA) is 38.1 Å². The van der Waals surface area contributed by atoms with Gasteiger partial charge in [-0.15, -0.1) is 11.6 Å². The first kappa shape index (κ1) is 17.1. The zero-order valence-electron chi connectivity index (χ0n) is 14.9. The number of halogens is 1. The summed E-state index contributed by atoms with van der Waals surface area (Å²) in [7, 11) is 0. The second-order valence-corrected chi connectivity index (χ2v) is 7.25. The number of rotatable bonds is 4. The van der Waals surface area contributed by atoms with Crippen molar-refractivity contribution in [3.63, 3.8) is 0 Å². The van der Waals surface area contributed by atoms with E-state index in [0.29, 0.717) is 6.54 Å². The molecule has 2 aromatic carbocycles. The summed E-state index contributed by atoms with van der Waals surface area (Å²) in [6.45, 7) is 3.38. The number of carbonyl (C=O) groups excluding carboxylic acids is 1. The Morgan fingerprint density at radius 1 is 1.27 bits per heavy atom. The lowest BCUT2D eigenvalue weighted by Gasteiger charge is -2.34. The standard InChI is InChI=1S/C21H22ClN3O/c1-15-12-24-14-19(8-9-20(24)23-15)25(21(26)11-22)13-16-6-7-17-4-2-3-5-18(17)10-16/h2-7,10,12,19H,8-9,11,13-14H2,1H3. The zero-order valence-corrected chi connectivity index (χ0v) is 15.6. The van der Waals surface area contributed by atoms with E-state index in [9.17, 15) is 4.79 Å². The summed E-state index contributed by atoms with van der Waals surface area (Å²) in [5.41, 5.74) is 2.17. The number of fused-ring (bicyclic) bond motifs is 2. The number of benzene rings is 2. The monoisotopic (exact) mass is 367 g/mol. The minimum atomic E-state index is -0.00916. The van der Waals surface area contributed by atoms with E-state index in [0.717, 1.165) is 36.5 Å². The molecule has 4 rings (SSSR count). The molecule has 0 saturated carbocycles. The van der Waals surface area contributed by atoms with Crippen LogP contribution in [0.4, 0.5) is 0 Å². The number of amides is 1. The van der Waals surface area contributed by atoms with E-state index in [-0.39, 0.29) is 17.8 Å². The largest absolute Gasteiger partial charge is 0.333 e. The number of hydrogen-bond acceptors (Lipinski definition) is 2. The van der Waals surface area contributed by atoms with Crippen LogP contribution in [0.1, 0.15) is 23.5 Å². The highest BCUT2D eigenvalue weighted by molar-refractivity contribution is 6.27. The second-order valence-electron chi connectivity index (χ2n) is 6.98. The molecule has 2 heterocycles. The van der Waals surface area contributed by atoms with Gasteiger partial charge in [0.1, 0.15) is 11.7 Å². The molecule has 0 bridgehead atoms. The summed E-state index contributed by atoms with van der Waals surface area (Å²) in [6.07, 6.45) is 3.88. The highest BCUT2D eigenvalue weighted by Crippen LogP contribution is 2.23. The first-order valence-electron chi connectivity index (χ1n) is 9.00. The Morgan fingerprint density at radius 2 is 2.08 bits per heavy atom. The van der Waals surface area contributed by atoms with Crippen LogP contribution in [-0.2, 0) is 24.3 Å². The molecular formula is C21H22ClN3O. The van der Waals surface area contributed by atoms with Gasteiger partial charge in [-0.1, -0.05) is 36.4 Å². The van der Waals surface area contributed by atoms with Crippen molar-refractivity contribution < 1.29 is 4.79 Å². The van der Waals surface area contributed by atoms with Gasteiger partial charge in [0.2, 0.25) is 5.91 Å². The minimum absolute atomic E-state index is 0.00916. The maximum atomic E-state index is 12.6. The quantitative estimate of drug-likeness (QED) is 0.655. The van der Waals surface area contributed by atoms with Gasteiger partial charge < -0.3 is 9.47 Å². The highest BCUT2D eigenvalue weighted by atomic mass is 35.5. The Hall–Kier alpha value is -2.33. The van der Waals surface area contributed by atoms with E-state index in [1.165, 1.54) is 10.8 Å². The van der Waals surface area contributed by atoms with Gasteiger partial charge >= 0.3 is 0 Å². The molecule has 134 valence electrons. The maximum Gasteiger partial charge on any atom is 0.238 e. The average Bonchev–Trinajstić information content (AvgIpc) is 3.04. The van der Waals surface area contributed by atoms with Crippen molar-refractivity contribution in [3.05, 3.63) is 65.7 Å². The number of imidazole rings is 1. The van der Waals surface area contributed by atoms with Crippen LogP contribution in [0, 0.1) is 6.92 Å². The molecule has 0 saturated heterocycles. The second kappa shape index (κ2) is 7.12. The lowest BCUT2D eigenvalue weighted by molar-refractivity contribution is -0.132. The molecule has 0 radical (unpaired) electrons. The lowest BCUT2D eigenvalue weighted by Crippen LogP contribution is -2.45. The summed E-state index contributed by atoms with van der Waals surface area (Å²) in [5, 5.41) is 2.40. The van der Waals surface area contributed by atoms with Crippen LogP contribution in [0.3, 0.4) is 0 Å². The van der Waals surface area contributed by atoms with E-state index in [1.54, 1.807) is 0 Å². The van der Waals surface area contributed by atoms with Crippen molar-refractivity contribution in [2.75, 3.05) is 5.88 Å². The van der Waals surface area contributed by atoms with Crippen LogP contribution in [0.15, 0.2) is 48.7 Å². The van der Waals surface area contributed by atoms with E-state index in [1.807, 2.05) is 24.0 Å². The normalized spacial score (nSPS) is 16.5. The van der Waals surface area contributed by atoms with Crippen LogP contribution in [0.25, 0.3) is 10.8 Å². The minimum Gasteiger partial charge on any atom is -0.333 e. The number of nitrogens with zero attached hydrogens (tertiary/aromatic N) is 3. The van der Waals surface area contributed by atoms with E-state index < -0.39 is 0 Å². The molecule has 1 aliphatic heterocycles. The van der Waals surface area contributed by atoms with Crippen molar-refractivity contribution >= 4 is 28.3 Å². The molecule has 1 unspecified atom stereocenters. The Balaban J connectivity index is 1.59. The third kappa shape index (κ3) is 3.34. The average molecular weight is 368 g/mol. The Labute approximate surface area is 158 Å². The smallest absolute Gasteiger partial charge is 0.238 e. The third-order valence-electron chi connectivity index (χ3n) is 5.13. The molecule has 4 nitrogen and oxygen atoms in total.